The zero-order valence-electron chi connectivity index (χ0n) is 9.34. The molecule has 3 N–H and O–H groups in total. The molecule has 0 spiro atoms. The Morgan fingerprint density at radius 2 is 2.07 bits per heavy atom. The van der Waals surface area contributed by atoms with Gasteiger partial charge in [0, 0.05) is 0 Å². The summed E-state index contributed by atoms with van der Waals surface area (Å²) in [5, 5.41) is 8.97. The largest absolute Gasteiger partial charge is 0.480 e. The summed E-state index contributed by atoms with van der Waals surface area (Å²) < 4.78 is 0. The van der Waals surface area contributed by atoms with Crippen LogP contribution in [0.5, 0.6) is 0 Å². The van der Waals surface area contributed by atoms with Gasteiger partial charge in [-0.1, -0.05) is 27.2 Å². The van der Waals surface area contributed by atoms with Crippen LogP contribution in [0.1, 0.15) is 46.5 Å². The third kappa shape index (κ3) is 1.44. The lowest BCUT2D eigenvalue weighted by Crippen LogP contribution is -2.56. The first-order chi connectivity index (χ1) is 6.37. The first kappa shape index (κ1) is 11.5. The summed E-state index contributed by atoms with van der Waals surface area (Å²) in [5.41, 5.74) is 5.62. The summed E-state index contributed by atoms with van der Waals surface area (Å²) in [5.74, 6) is -0.880. The minimum absolute atomic E-state index is 0.158. The van der Waals surface area contributed by atoms with Gasteiger partial charge in [0.1, 0.15) is 6.04 Å². The second-order valence-electron chi connectivity index (χ2n) is 5.03. The van der Waals surface area contributed by atoms with Gasteiger partial charge in [0.25, 0.3) is 0 Å². The third-order valence-electron chi connectivity index (χ3n) is 4.40. The monoisotopic (exact) mass is 199 g/mol. The number of carboxylic acids is 1. The van der Waals surface area contributed by atoms with Crippen molar-refractivity contribution >= 4 is 5.97 Å². The number of carbonyl (C=O) groups is 1. The van der Waals surface area contributed by atoms with Crippen molar-refractivity contribution in [1.29, 1.82) is 0 Å². The van der Waals surface area contributed by atoms with Gasteiger partial charge < -0.3 is 10.8 Å². The van der Waals surface area contributed by atoms with E-state index >= 15 is 0 Å². The molecule has 0 amide bonds. The smallest absolute Gasteiger partial charge is 0.321 e. The molecule has 0 heterocycles. The van der Waals surface area contributed by atoms with Gasteiger partial charge in [-0.05, 0) is 30.1 Å². The number of hydrogen-bond acceptors (Lipinski definition) is 2. The Morgan fingerprint density at radius 3 is 2.29 bits per heavy atom. The summed E-state index contributed by atoms with van der Waals surface area (Å²) in [7, 11) is 0. The predicted octanol–water partition coefficient (Wildman–Crippen LogP) is 2.00. The molecule has 0 aromatic carbocycles. The molecule has 0 aromatic heterocycles. The van der Waals surface area contributed by atoms with Crippen molar-refractivity contribution in [3.8, 4) is 0 Å². The maximum Gasteiger partial charge on any atom is 0.321 e. The van der Waals surface area contributed by atoms with E-state index in [1.165, 1.54) is 6.42 Å². The fourth-order valence-electron chi connectivity index (χ4n) is 2.70. The molecule has 1 atom stereocenters. The van der Waals surface area contributed by atoms with Gasteiger partial charge in [-0.3, -0.25) is 4.79 Å². The van der Waals surface area contributed by atoms with Crippen LogP contribution in [-0.2, 0) is 4.79 Å². The molecule has 1 aliphatic rings. The molecule has 14 heavy (non-hydrogen) atoms. The Kier molecular flexibility index (Phi) is 2.91. The highest BCUT2D eigenvalue weighted by Crippen LogP contribution is 2.57. The fraction of sp³-hybridized carbons (Fsp3) is 0.909. The van der Waals surface area contributed by atoms with E-state index in [9.17, 15) is 4.79 Å². The molecule has 3 nitrogen and oxygen atoms in total. The fourth-order valence-corrected chi connectivity index (χ4v) is 2.70. The Balaban J connectivity index is 2.87. The van der Waals surface area contributed by atoms with Crippen LogP contribution in [0.25, 0.3) is 0 Å². The molecule has 1 saturated carbocycles. The lowest BCUT2D eigenvalue weighted by Gasteiger charge is -2.54. The number of hydrogen-bond donors (Lipinski definition) is 2. The quantitative estimate of drug-likeness (QED) is 0.728. The molecule has 0 radical (unpaired) electrons. The van der Waals surface area contributed by atoms with Crippen molar-refractivity contribution < 1.29 is 9.90 Å². The Bertz CT molecular complexity index is 226. The summed E-state index contributed by atoms with van der Waals surface area (Å²) in [6.07, 6.45) is 4.49. The van der Waals surface area contributed by atoms with Gasteiger partial charge in [-0.2, -0.15) is 0 Å². The minimum atomic E-state index is -0.880. The van der Waals surface area contributed by atoms with E-state index in [4.69, 9.17) is 10.8 Å². The van der Waals surface area contributed by atoms with Crippen molar-refractivity contribution in [2.24, 2.45) is 16.6 Å². The van der Waals surface area contributed by atoms with E-state index in [-0.39, 0.29) is 10.8 Å². The molecule has 1 aliphatic carbocycles. The SMILES string of the molecule is CCC1(C(C)(C)C(N)C(=O)O)CCC1. The normalized spacial score (nSPS) is 22.6. The van der Waals surface area contributed by atoms with Gasteiger partial charge in [0.05, 0.1) is 0 Å². The lowest BCUT2D eigenvalue weighted by atomic mass is 9.51. The number of nitrogens with two attached hydrogens (primary N) is 1. The summed E-state index contributed by atoms with van der Waals surface area (Å²) >= 11 is 0. The molecular weight excluding hydrogens is 178 g/mol. The predicted molar refractivity (Wildman–Crippen MR) is 56.0 cm³/mol. The first-order valence-electron chi connectivity index (χ1n) is 5.36. The molecule has 1 unspecified atom stereocenters. The highest BCUT2D eigenvalue weighted by molar-refractivity contribution is 5.74. The summed E-state index contributed by atoms with van der Waals surface area (Å²) in [6.45, 7) is 6.12. The minimum Gasteiger partial charge on any atom is -0.480 e. The molecule has 0 aromatic rings. The van der Waals surface area contributed by atoms with Gasteiger partial charge in [-0.15, -0.1) is 0 Å². The number of carboxylic acid groups (broad SMARTS) is 1. The standard InChI is InChI=1S/C11H21NO2/c1-4-11(6-5-7-11)10(2,3)8(12)9(13)14/h8H,4-7,12H2,1-3H3,(H,13,14). The molecule has 3 heteroatoms. The van der Waals surface area contributed by atoms with Crippen LogP contribution in [-0.4, -0.2) is 17.1 Å². The molecular formula is C11H21NO2. The van der Waals surface area contributed by atoms with Crippen molar-refractivity contribution in [2.75, 3.05) is 0 Å². The third-order valence-corrected chi connectivity index (χ3v) is 4.40. The summed E-state index contributed by atoms with van der Waals surface area (Å²) in [4.78, 5) is 10.9. The van der Waals surface area contributed by atoms with Crippen LogP contribution in [0, 0.1) is 10.8 Å². The zero-order valence-corrected chi connectivity index (χ0v) is 9.34. The molecule has 0 aliphatic heterocycles. The van der Waals surface area contributed by atoms with E-state index in [1.54, 1.807) is 0 Å². The molecule has 0 bridgehead atoms. The van der Waals surface area contributed by atoms with Crippen LogP contribution in [0.2, 0.25) is 0 Å². The zero-order chi connectivity index (χ0) is 11.0. The van der Waals surface area contributed by atoms with Crippen LogP contribution in [0.3, 0.4) is 0 Å². The maximum atomic E-state index is 10.9. The topological polar surface area (TPSA) is 63.3 Å². The second kappa shape index (κ2) is 3.54. The van der Waals surface area contributed by atoms with E-state index in [1.807, 2.05) is 13.8 Å². The molecule has 1 rings (SSSR count). The van der Waals surface area contributed by atoms with E-state index in [0.29, 0.717) is 0 Å². The average molecular weight is 199 g/mol. The Hall–Kier alpha value is -0.570. The van der Waals surface area contributed by atoms with Gasteiger partial charge in [0.15, 0.2) is 0 Å². The maximum absolute atomic E-state index is 10.9. The highest BCUT2D eigenvalue weighted by Gasteiger charge is 2.52. The number of aliphatic carboxylic acids is 1. The highest BCUT2D eigenvalue weighted by atomic mass is 16.4. The van der Waals surface area contributed by atoms with E-state index in [0.717, 1.165) is 19.3 Å². The lowest BCUT2D eigenvalue weighted by molar-refractivity contribution is -0.147. The molecule has 1 fully saturated rings. The van der Waals surface area contributed by atoms with Crippen molar-refractivity contribution in [1.82, 2.24) is 0 Å². The van der Waals surface area contributed by atoms with Crippen LogP contribution >= 0.6 is 0 Å². The molecule has 82 valence electrons. The van der Waals surface area contributed by atoms with Gasteiger partial charge in [0.2, 0.25) is 0 Å². The van der Waals surface area contributed by atoms with E-state index in [2.05, 4.69) is 6.92 Å². The van der Waals surface area contributed by atoms with Gasteiger partial charge in [-0.25, -0.2) is 0 Å². The van der Waals surface area contributed by atoms with Crippen molar-refractivity contribution in [2.45, 2.75) is 52.5 Å². The number of rotatable bonds is 4. The second-order valence-corrected chi connectivity index (χ2v) is 5.03. The van der Waals surface area contributed by atoms with Crippen molar-refractivity contribution in [3.05, 3.63) is 0 Å². The Morgan fingerprint density at radius 1 is 1.57 bits per heavy atom. The van der Waals surface area contributed by atoms with Crippen LogP contribution in [0.15, 0.2) is 0 Å². The van der Waals surface area contributed by atoms with Crippen LogP contribution in [0.4, 0.5) is 0 Å². The van der Waals surface area contributed by atoms with Crippen molar-refractivity contribution in [3.63, 3.8) is 0 Å². The van der Waals surface area contributed by atoms with Gasteiger partial charge >= 0.3 is 5.97 Å². The molecule has 0 saturated heterocycles. The average Bonchev–Trinajstić information content (AvgIpc) is 2.01. The van der Waals surface area contributed by atoms with Crippen LogP contribution < -0.4 is 5.73 Å². The first-order valence-corrected chi connectivity index (χ1v) is 5.36. The van der Waals surface area contributed by atoms with E-state index < -0.39 is 12.0 Å². The summed E-state index contributed by atoms with van der Waals surface area (Å²) in [6, 6.07) is -0.747. The Labute approximate surface area is 85.7 Å².